The molecule has 2 aromatic carbocycles. The Morgan fingerprint density at radius 1 is 1.10 bits per heavy atom. The molecule has 1 aliphatic rings. The van der Waals surface area contributed by atoms with Gasteiger partial charge in [0.15, 0.2) is 0 Å². The minimum atomic E-state index is -1.38. The number of anilines is 1. The number of carbonyl (C=O) groups is 3. The number of hydrogen-bond acceptors (Lipinski definition) is 6. The number of aliphatic hydroxyl groups is 1. The average molecular weight is 428 g/mol. The van der Waals surface area contributed by atoms with Gasteiger partial charge in [-0.3, -0.25) is 14.4 Å². The van der Waals surface area contributed by atoms with E-state index in [0.29, 0.717) is 6.42 Å². The van der Waals surface area contributed by atoms with Gasteiger partial charge in [0, 0.05) is 11.1 Å². The van der Waals surface area contributed by atoms with Crippen LogP contribution < -0.4 is 16.0 Å². The van der Waals surface area contributed by atoms with Gasteiger partial charge < -0.3 is 25.8 Å². The number of fused-ring (bicyclic) bond motifs is 1. The van der Waals surface area contributed by atoms with Crippen molar-refractivity contribution in [3.05, 3.63) is 42.5 Å². The van der Waals surface area contributed by atoms with Crippen molar-refractivity contribution >= 4 is 34.2 Å². The number of carbonyl (C=O) groups excluding carboxylic acids is 3. The van der Waals surface area contributed by atoms with E-state index in [1.165, 1.54) is 0 Å². The molecule has 8 nitrogen and oxygen atoms in total. The summed E-state index contributed by atoms with van der Waals surface area (Å²) in [6.07, 6.45) is -1.07. The van der Waals surface area contributed by atoms with E-state index in [9.17, 15) is 19.5 Å². The highest BCUT2D eigenvalue weighted by Crippen LogP contribution is 2.23. The highest BCUT2D eigenvalue weighted by atomic mass is 16.6. The molecule has 1 heterocycles. The number of nitrogens with one attached hydrogen (secondary N) is 3. The molecule has 2 amide bonds. The number of cyclic esters (lactones) is 1. The second-order valence-corrected chi connectivity index (χ2v) is 8.28. The lowest BCUT2D eigenvalue weighted by atomic mass is 10.0. The highest BCUT2D eigenvalue weighted by molar-refractivity contribution is 5.96. The SMILES string of the molecule is CC(C)C[C@H](NC(=O)C(C)Nc1cccc2ccccc12)C(=O)N[C@H]1CC(=O)OC1O. The van der Waals surface area contributed by atoms with Crippen molar-refractivity contribution in [1.29, 1.82) is 0 Å². The Bertz CT molecular complexity index is 956. The molecule has 31 heavy (non-hydrogen) atoms. The fourth-order valence-corrected chi connectivity index (χ4v) is 3.60. The molecule has 8 heteroatoms. The van der Waals surface area contributed by atoms with E-state index >= 15 is 0 Å². The average Bonchev–Trinajstić information content (AvgIpc) is 3.03. The summed E-state index contributed by atoms with van der Waals surface area (Å²) in [7, 11) is 0. The zero-order chi connectivity index (χ0) is 22.5. The quantitative estimate of drug-likeness (QED) is 0.478. The first kappa shape index (κ1) is 22.6. The Hall–Kier alpha value is -3.13. The van der Waals surface area contributed by atoms with E-state index in [1.54, 1.807) is 6.92 Å². The summed E-state index contributed by atoms with van der Waals surface area (Å²) < 4.78 is 4.66. The number of rotatable bonds is 8. The summed E-state index contributed by atoms with van der Waals surface area (Å²) >= 11 is 0. The number of amides is 2. The molecule has 1 fully saturated rings. The molecule has 2 aromatic rings. The van der Waals surface area contributed by atoms with Crippen LogP contribution in [-0.4, -0.2) is 47.3 Å². The third-order valence-electron chi connectivity index (χ3n) is 5.21. The van der Waals surface area contributed by atoms with Crippen LogP contribution in [0.1, 0.15) is 33.6 Å². The first-order valence-corrected chi connectivity index (χ1v) is 10.5. The van der Waals surface area contributed by atoms with Gasteiger partial charge in [0.05, 0.1) is 6.42 Å². The topological polar surface area (TPSA) is 117 Å². The van der Waals surface area contributed by atoms with E-state index in [-0.39, 0.29) is 18.2 Å². The van der Waals surface area contributed by atoms with Crippen LogP contribution in [0.3, 0.4) is 0 Å². The summed E-state index contributed by atoms with van der Waals surface area (Å²) in [4.78, 5) is 36.9. The van der Waals surface area contributed by atoms with Crippen molar-refractivity contribution in [3.63, 3.8) is 0 Å². The highest BCUT2D eigenvalue weighted by Gasteiger charge is 2.36. The van der Waals surface area contributed by atoms with Crippen LogP contribution in [0.15, 0.2) is 42.5 Å². The summed E-state index contributed by atoms with van der Waals surface area (Å²) in [5, 5.41) is 20.4. The molecule has 3 rings (SSSR count). The summed E-state index contributed by atoms with van der Waals surface area (Å²) in [5.41, 5.74) is 0.829. The Morgan fingerprint density at radius 2 is 1.81 bits per heavy atom. The third kappa shape index (κ3) is 5.73. The molecule has 0 aliphatic carbocycles. The molecule has 4 atom stereocenters. The lowest BCUT2D eigenvalue weighted by molar-refractivity contribution is -0.155. The zero-order valence-corrected chi connectivity index (χ0v) is 17.9. The van der Waals surface area contributed by atoms with E-state index in [4.69, 9.17) is 0 Å². The van der Waals surface area contributed by atoms with E-state index < -0.39 is 36.3 Å². The van der Waals surface area contributed by atoms with Crippen LogP contribution in [0.4, 0.5) is 5.69 Å². The van der Waals surface area contributed by atoms with Crippen LogP contribution in [0.25, 0.3) is 10.8 Å². The first-order valence-electron chi connectivity index (χ1n) is 10.5. The van der Waals surface area contributed by atoms with Crippen molar-refractivity contribution in [2.45, 2.75) is 58.0 Å². The summed E-state index contributed by atoms with van der Waals surface area (Å²) in [6, 6.07) is 11.5. The second kappa shape index (κ2) is 9.78. The monoisotopic (exact) mass is 427 g/mol. The minimum absolute atomic E-state index is 0.103. The maximum atomic E-state index is 12.9. The lowest BCUT2D eigenvalue weighted by Crippen LogP contribution is -2.54. The van der Waals surface area contributed by atoms with Crippen molar-refractivity contribution in [2.75, 3.05) is 5.32 Å². The molecule has 0 spiro atoms. The molecule has 2 unspecified atom stereocenters. The van der Waals surface area contributed by atoms with Crippen LogP contribution in [0, 0.1) is 5.92 Å². The fourth-order valence-electron chi connectivity index (χ4n) is 3.60. The van der Waals surface area contributed by atoms with Gasteiger partial charge in [0.25, 0.3) is 0 Å². The molecule has 0 radical (unpaired) electrons. The van der Waals surface area contributed by atoms with Gasteiger partial charge in [-0.05, 0) is 30.7 Å². The first-order chi connectivity index (χ1) is 14.7. The van der Waals surface area contributed by atoms with Gasteiger partial charge in [0.1, 0.15) is 18.1 Å². The van der Waals surface area contributed by atoms with Crippen molar-refractivity contribution in [1.82, 2.24) is 10.6 Å². The lowest BCUT2D eigenvalue weighted by Gasteiger charge is -2.25. The molecule has 166 valence electrons. The number of hydrogen-bond donors (Lipinski definition) is 4. The standard InChI is InChI=1S/C23H29N3O5/c1-13(2)11-18(22(29)26-19-12-20(27)31-23(19)30)25-21(28)14(3)24-17-10-6-8-15-7-4-5-9-16(15)17/h4-10,13-14,18-19,23-24,30H,11-12H2,1-3H3,(H,25,28)(H,26,29)/t14?,18-,19-,23?/m0/s1. The predicted octanol–water partition coefficient (Wildman–Crippen LogP) is 1.92. The second-order valence-electron chi connectivity index (χ2n) is 8.28. The normalized spacial score (nSPS) is 20.2. The van der Waals surface area contributed by atoms with E-state index in [2.05, 4.69) is 20.7 Å². The molecule has 1 aliphatic heterocycles. The molecular formula is C23H29N3O5. The number of benzene rings is 2. The maximum absolute atomic E-state index is 12.9. The molecule has 0 bridgehead atoms. The van der Waals surface area contributed by atoms with Crippen molar-refractivity contribution in [2.24, 2.45) is 5.92 Å². The van der Waals surface area contributed by atoms with Gasteiger partial charge in [0.2, 0.25) is 18.1 Å². The number of aliphatic hydroxyl groups excluding tert-OH is 1. The smallest absolute Gasteiger partial charge is 0.310 e. The van der Waals surface area contributed by atoms with Gasteiger partial charge in [-0.15, -0.1) is 0 Å². The Morgan fingerprint density at radius 3 is 2.48 bits per heavy atom. The zero-order valence-electron chi connectivity index (χ0n) is 17.9. The number of ether oxygens (including phenoxy) is 1. The Labute approximate surface area is 181 Å². The predicted molar refractivity (Wildman–Crippen MR) is 117 cm³/mol. The largest absolute Gasteiger partial charge is 0.434 e. The van der Waals surface area contributed by atoms with E-state index in [0.717, 1.165) is 16.5 Å². The van der Waals surface area contributed by atoms with Gasteiger partial charge in [-0.25, -0.2) is 0 Å². The molecule has 1 saturated heterocycles. The summed E-state index contributed by atoms with van der Waals surface area (Å²) in [5.74, 6) is -1.21. The third-order valence-corrected chi connectivity index (χ3v) is 5.21. The minimum Gasteiger partial charge on any atom is -0.434 e. The Kier molecular flexibility index (Phi) is 7.12. The molecule has 4 N–H and O–H groups in total. The van der Waals surface area contributed by atoms with Crippen LogP contribution in [0.5, 0.6) is 0 Å². The van der Waals surface area contributed by atoms with Crippen LogP contribution >= 0.6 is 0 Å². The summed E-state index contributed by atoms with van der Waals surface area (Å²) in [6.45, 7) is 5.62. The van der Waals surface area contributed by atoms with Gasteiger partial charge in [-0.1, -0.05) is 50.2 Å². The molecular weight excluding hydrogens is 398 g/mol. The van der Waals surface area contributed by atoms with E-state index in [1.807, 2.05) is 56.3 Å². The molecule has 0 aromatic heterocycles. The van der Waals surface area contributed by atoms with Crippen LogP contribution in [0.2, 0.25) is 0 Å². The van der Waals surface area contributed by atoms with Gasteiger partial charge in [-0.2, -0.15) is 0 Å². The van der Waals surface area contributed by atoms with Crippen molar-refractivity contribution in [3.8, 4) is 0 Å². The van der Waals surface area contributed by atoms with Gasteiger partial charge >= 0.3 is 5.97 Å². The Balaban J connectivity index is 1.66. The van der Waals surface area contributed by atoms with Crippen molar-refractivity contribution < 1.29 is 24.2 Å². The maximum Gasteiger partial charge on any atom is 0.310 e. The fraction of sp³-hybridized carbons (Fsp3) is 0.435. The number of esters is 1. The molecule has 0 saturated carbocycles. The van der Waals surface area contributed by atoms with Crippen LogP contribution in [-0.2, 0) is 19.1 Å².